The first-order valence-electron chi connectivity index (χ1n) is 3.41. The Balaban J connectivity index is 2.01. The molecule has 0 saturated carbocycles. The second kappa shape index (κ2) is 2.06. The van der Waals surface area contributed by atoms with Gasteiger partial charge in [0.1, 0.15) is 0 Å². The first-order valence-corrected chi connectivity index (χ1v) is 3.41. The van der Waals surface area contributed by atoms with Gasteiger partial charge in [-0.3, -0.25) is 0 Å². The summed E-state index contributed by atoms with van der Waals surface area (Å²) in [6.45, 7) is 5.39. The van der Waals surface area contributed by atoms with Crippen LogP contribution in [-0.4, -0.2) is 12.2 Å². The molecule has 1 atom stereocenters. The minimum atomic E-state index is 0.302. The summed E-state index contributed by atoms with van der Waals surface area (Å²) in [5.74, 6) is 0. The van der Waals surface area contributed by atoms with Gasteiger partial charge in [0.05, 0.1) is 12.2 Å². The van der Waals surface area contributed by atoms with E-state index in [-0.39, 0.29) is 0 Å². The number of epoxide rings is 1. The van der Waals surface area contributed by atoms with E-state index in [0.29, 0.717) is 5.60 Å². The van der Waals surface area contributed by atoms with Gasteiger partial charge >= 0.3 is 0 Å². The molecule has 1 aliphatic rings. The molecule has 1 aliphatic heterocycles. The zero-order valence-electron chi connectivity index (χ0n) is 5.74. The summed E-state index contributed by atoms with van der Waals surface area (Å²) in [6.07, 6.45) is 3.86. The van der Waals surface area contributed by atoms with Gasteiger partial charge in [0, 0.05) is 0 Å². The van der Waals surface area contributed by atoms with Crippen LogP contribution in [0.3, 0.4) is 0 Å². The van der Waals surface area contributed by atoms with Gasteiger partial charge in [-0.05, 0) is 13.3 Å². The molecule has 0 unspecified atom stereocenters. The highest BCUT2D eigenvalue weighted by Crippen LogP contribution is 2.31. The van der Waals surface area contributed by atoms with Crippen molar-refractivity contribution in [2.24, 2.45) is 0 Å². The summed E-state index contributed by atoms with van der Waals surface area (Å²) in [4.78, 5) is 0. The van der Waals surface area contributed by atoms with E-state index in [2.05, 4.69) is 13.8 Å². The highest BCUT2D eigenvalue weighted by Gasteiger charge is 2.37. The average Bonchev–Trinajstić information content (AvgIpc) is 2.45. The molecule has 0 N–H and O–H groups in total. The number of ether oxygens (including phenoxy) is 1. The van der Waals surface area contributed by atoms with Crippen LogP contribution in [0, 0.1) is 0 Å². The average molecular weight is 114 g/mol. The molecule has 1 nitrogen and oxygen atoms in total. The highest BCUT2D eigenvalue weighted by molar-refractivity contribution is 4.85. The summed E-state index contributed by atoms with van der Waals surface area (Å²) < 4.78 is 5.20. The third-order valence-corrected chi connectivity index (χ3v) is 1.70. The second-order valence-electron chi connectivity index (χ2n) is 2.84. The molecule has 0 bridgehead atoms. The Labute approximate surface area is 51.0 Å². The molecule has 0 aromatic rings. The van der Waals surface area contributed by atoms with E-state index in [4.69, 9.17) is 4.74 Å². The minimum absolute atomic E-state index is 0.302. The smallest absolute Gasteiger partial charge is 0.0888 e. The zero-order chi connectivity index (χ0) is 6.04. The van der Waals surface area contributed by atoms with E-state index < -0.39 is 0 Å². The highest BCUT2D eigenvalue weighted by atomic mass is 16.6. The third kappa shape index (κ3) is 1.48. The normalized spacial score (nSPS) is 35.2. The van der Waals surface area contributed by atoms with Gasteiger partial charge < -0.3 is 4.74 Å². The lowest BCUT2D eigenvalue weighted by molar-refractivity contribution is 0.303. The van der Waals surface area contributed by atoms with Crippen LogP contribution < -0.4 is 0 Å². The predicted octanol–water partition coefficient (Wildman–Crippen LogP) is 1.97. The minimum Gasteiger partial charge on any atom is -0.370 e. The lowest BCUT2D eigenvalue weighted by atomic mass is 10.1. The summed E-state index contributed by atoms with van der Waals surface area (Å²) in [5.41, 5.74) is 0.302. The molecule has 1 heterocycles. The number of unbranched alkanes of at least 4 members (excludes halogenated alkanes) is 1. The summed E-state index contributed by atoms with van der Waals surface area (Å²) in [5, 5.41) is 0. The molecule has 0 amide bonds. The summed E-state index contributed by atoms with van der Waals surface area (Å²) in [7, 11) is 0. The zero-order valence-corrected chi connectivity index (χ0v) is 5.74. The van der Waals surface area contributed by atoms with Crippen LogP contribution in [-0.2, 0) is 4.74 Å². The lowest BCUT2D eigenvalue weighted by Crippen LogP contribution is -2.02. The SMILES string of the molecule is CCCC[C@@]1(C)CO1. The van der Waals surface area contributed by atoms with Crippen molar-refractivity contribution in [2.45, 2.75) is 38.7 Å². The van der Waals surface area contributed by atoms with Crippen LogP contribution in [0.25, 0.3) is 0 Å². The van der Waals surface area contributed by atoms with E-state index in [0.717, 1.165) is 6.61 Å². The fourth-order valence-electron chi connectivity index (χ4n) is 0.818. The first-order chi connectivity index (χ1) is 3.77. The molecule has 1 rings (SSSR count). The maximum atomic E-state index is 5.20. The third-order valence-electron chi connectivity index (χ3n) is 1.70. The first kappa shape index (κ1) is 6.09. The summed E-state index contributed by atoms with van der Waals surface area (Å²) in [6, 6.07) is 0. The van der Waals surface area contributed by atoms with Crippen molar-refractivity contribution >= 4 is 0 Å². The van der Waals surface area contributed by atoms with Crippen LogP contribution in [0.5, 0.6) is 0 Å². The van der Waals surface area contributed by atoms with Crippen LogP contribution in [0.2, 0.25) is 0 Å². The van der Waals surface area contributed by atoms with Crippen molar-refractivity contribution in [2.75, 3.05) is 6.61 Å². The molecule has 8 heavy (non-hydrogen) atoms. The molecule has 1 fully saturated rings. The van der Waals surface area contributed by atoms with E-state index in [1.807, 2.05) is 0 Å². The summed E-state index contributed by atoms with van der Waals surface area (Å²) >= 11 is 0. The lowest BCUT2D eigenvalue weighted by Gasteiger charge is -1.99. The Hall–Kier alpha value is -0.0400. The Kier molecular flexibility index (Phi) is 1.57. The van der Waals surface area contributed by atoms with Gasteiger partial charge in [-0.2, -0.15) is 0 Å². The van der Waals surface area contributed by atoms with Gasteiger partial charge in [0.15, 0.2) is 0 Å². The standard InChI is InChI=1S/C7H14O/c1-3-4-5-7(2)6-8-7/h3-6H2,1-2H3/t7-/m0/s1. The van der Waals surface area contributed by atoms with Gasteiger partial charge in [0.25, 0.3) is 0 Å². The van der Waals surface area contributed by atoms with Crippen LogP contribution in [0.4, 0.5) is 0 Å². The van der Waals surface area contributed by atoms with Crippen molar-refractivity contribution in [3.63, 3.8) is 0 Å². The Morgan fingerprint density at radius 1 is 1.62 bits per heavy atom. The molecule has 0 spiro atoms. The number of hydrogen-bond acceptors (Lipinski definition) is 1. The van der Waals surface area contributed by atoms with Crippen molar-refractivity contribution in [3.05, 3.63) is 0 Å². The van der Waals surface area contributed by atoms with Crippen molar-refractivity contribution in [3.8, 4) is 0 Å². The van der Waals surface area contributed by atoms with E-state index in [9.17, 15) is 0 Å². The molecule has 0 aliphatic carbocycles. The molecule has 1 saturated heterocycles. The Bertz CT molecular complexity index is 74.5. The van der Waals surface area contributed by atoms with Gasteiger partial charge in [-0.25, -0.2) is 0 Å². The van der Waals surface area contributed by atoms with E-state index >= 15 is 0 Å². The largest absolute Gasteiger partial charge is 0.370 e. The Morgan fingerprint density at radius 3 is 2.62 bits per heavy atom. The predicted molar refractivity (Wildman–Crippen MR) is 33.9 cm³/mol. The van der Waals surface area contributed by atoms with Crippen LogP contribution in [0.1, 0.15) is 33.1 Å². The number of hydrogen-bond donors (Lipinski definition) is 0. The monoisotopic (exact) mass is 114 g/mol. The maximum Gasteiger partial charge on any atom is 0.0888 e. The molecule has 0 aromatic heterocycles. The van der Waals surface area contributed by atoms with Crippen molar-refractivity contribution < 1.29 is 4.74 Å². The van der Waals surface area contributed by atoms with Crippen molar-refractivity contribution in [1.82, 2.24) is 0 Å². The van der Waals surface area contributed by atoms with Crippen LogP contribution >= 0.6 is 0 Å². The van der Waals surface area contributed by atoms with E-state index in [1.165, 1.54) is 19.3 Å². The topological polar surface area (TPSA) is 12.5 Å². The Morgan fingerprint density at radius 2 is 2.25 bits per heavy atom. The second-order valence-corrected chi connectivity index (χ2v) is 2.84. The fraction of sp³-hybridized carbons (Fsp3) is 1.00. The molecule has 0 aromatic carbocycles. The molecule has 1 heteroatoms. The van der Waals surface area contributed by atoms with Crippen LogP contribution in [0.15, 0.2) is 0 Å². The number of rotatable bonds is 3. The molecule has 0 radical (unpaired) electrons. The molecular formula is C7H14O. The molecular weight excluding hydrogens is 100 g/mol. The van der Waals surface area contributed by atoms with Gasteiger partial charge in [-0.1, -0.05) is 19.8 Å². The maximum absolute atomic E-state index is 5.20. The van der Waals surface area contributed by atoms with E-state index in [1.54, 1.807) is 0 Å². The fourth-order valence-corrected chi connectivity index (χ4v) is 0.818. The van der Waals surface area contributed by atoms with Gasteiger partial charge in [0.2, 0.25) is 0 Å². The quantitative estimate of drug-likeness (QED) is 0.511. The van der Waals surface area contributed by atoms with Gasteiger partial charge in [-0.15, -0.1) is 0 Å². The molecule has 48 valence electrons. The van der Waals surface area contributed by atoms with Crippen molar-refractivity contribution in [1.29, 1.82) is 0 Å².